The van der Waals surface area contributed by atoms with E-state index < -0.39 is 12.0 Å². The average molecular weight is 313 g/mol. The summed E-state index contributed by atoms with van der Waals surface area (Å²) >= 11 is 0. The summed E-state index contributed by atoms with van der Waals surface area (Å²) in [6, 6.07) is -0.566. The van der Waals surface area contributed by atoms with Crippen molar-refractivity contribution >= 4 is 17.8 Å². The van der Waals surface area contributed by atoms with Crippen molar-refractivity contribution in [3.8, 4) is 0 Å². The molecule has 0 aromatic carbocycles. The van der Waals surface area contributed by atoms with Crippen molar-refractivity contribution in [3.05, 3.63) is 0 Å². The van der Waals surface area contributed by atoms with Crippen molar-refractivity contribution in [3.63, 3.8) is 0 Å². The summed E-state index contributed by atoms with van der Waals surface area (Å²) in [5.41, 5.74) is 11.0. The van der Waals surface area contributed by atoms with E-state index in [1.165, 1.54) is 0 Å². The van der Waals surface area contributed by atoms with Gasteiger partial charge in [-0.2, -0.15) is 0 Å². The standard InChI is InChI=1S/C14H27N5O3/c15-11(2-1-7-18-14(16)17)12(20)19-8-9-3-5-10(6-4-9)13(21)22/h9-11H,1-8,15H2,(H,19,20)(H,21,22)(H4,16,17,18)/t9-,10-,11-/m0/s1. The number of amides is 1. The first-order valence-electron chi connectivity index (χ1n) is 7.74. The number of guanidine groups is 1. The van der Waals surface area contributed by atoms with Gasteiger partial charge in [-0.15, -0.1) is 0 Å². The lowest BCUT2D eigenvalue weighted by Crippen LogP contribution is -2.43. The molecule has 1 rings (SSSR count). The van der Waals surface area contributed by atoms with Gasteiger partial charge < -0.3 is 27.2 Å². The lowest BCUT2D eigenvalue weighted by molar-refractivity contribution is -0.143. The molecule has 0 unspecified atom stereocenters. The molecule has 0 saturated heterocycles. The fourth-order valence-electron chi connectivity index (χ4n) is 2.67. The van der Waals surface area contributed by atoms with Crippen LogP contribution in [0.15, 0.2) is 0 Å². The monoisotopic (exact) mass is 313 g/mol. The van der Waals surface area contributed by atoms with E-state index in [4.69, 9.17) is 22.0 Å². The largest absolute Gasteiger partial charge is 0.481 e. The normalized spacial score (nSPS) is 22.6. The molecule has 0 aliphatic heterocycles. The zero-order valence-corrected chi connectivity index (χ0v) is 12.8. The second-order valence-electron chi connectivity index (χ2n) is 5.89. The van der Waals surface area contributed by atoms with E-state index in [0.29, 0.717) is 44.7 Å². The first-order chi connectivity index (χ1) is 10.4. The number of hydrogen-bond donors (Lipinski definition) is 6. The van der Waals surface area contributed by atoms with E-state index >= 15 is 0 Å². The van der Waals surface area contributed by atoms with E-state index in [2.05, 4.69) is 10.6 Å². The molecule has 1 aliphatic rings. The Hall–Kier alpha value is -1.83. The van der Waals surface area contributed by atoms with Crippen LogP contribution in [0.3, 0.4) is 0 Å². The summed E-state index contributed by atoms with van der Waals surface area (Å²) in [5.74, 6) is -0.879. The molecular weight excluding hydrogens is 286 g/mol. The predicted octanol–water partition coefficient (Wildman–Crippen LogP) is -0.416. The Morgan fingerprint density at radius 1 is 1.23 bits per heavy atom. The van der Waals surface area contributed by atoms with Crippen LogP contribution in [0.25, 0.3) is 0 Å². The number of nitrogens with two attached hydrogens (primary N) is 2. The minimum atomic E-state index is -0.719. The Labute approximate surface area is 130 Å². The van der Waals surface area contributed by atoms with Crippen LogP contribution in [0.2, 0.25) is 0 Å². The SMILES string of the molecule is N=C(N)NCCC[C@H](N)C(=O)NC[C@H]1CC[C@H](C(=O)O)CC1. The van der Waals surface area contributed by atoms with Crippen LogP contribution in [-0.4, -0.2) is 42.1 Å². The number of carboxylic acid groups (broad SMARTS) is 1. The highest BCUT2D eigenvalue weighted by molar-refractivity contribution is 5.81. The number of hydrogen-bond acceptors (Lipinski definition) is 4. The third kappa shape index (κ3) is 6.75. The highest BCUT2D eigenvalue weighted by Gasteiger charge is 2.26. The summed E-state index contributed by atoms with van der Waals surface area (Å²) in [4.78, 5) is 22.7. The van der Waals surface area contributed by atoms with E-state index in [0.717, 1.165) is 12.8 Å². The molecule has 22 heavy (non-hydrogen) atoms. The number of aliphatic carboxylic acids is 1. The molecule has 1 amide bonds. The third-order valence-corrected chi connectivity index (χ3v) is 4.11. The molecule has 1 fully saturated rings. The maximum atomic E-state index is 11.9. The predicted molar refractivity (Wildman–Crippen MR) is 83.2 cm³/mol. The fraction of sp³-hybridized carbons (Fsp3) is 0.786. The van der Waals surface area contributed by atoms with Crippen LogP contribution >= 0.6 is 0 Å². The highest BCUT2D eigenvalue weighted by Crippen LogP contribution is 2.28. The van der Waals surface area contributed by atoms with Crippen LogP contribution in [0.5, 0.6) is 0 Å². The minimum Gasteiger partial charge on any atom is -0.481 e. The molecular formula is C14H27N5O3. The van der Waals surface area contributed by atoms with Crippen molar-refractivity contribution in [2.75, 3.05) is 13.1 Å². The molecule has 0 heterocycles. The van der Waals surface area contributed by atoms with Gasteiger partial charge >= 0.3 is 5.97 Å². The van der Waals surface area contributed by atoms with Gasteiger partial charge in [0.15, 0.2) is 5.96 Å². The van der Waals surface area contributed by atoms with Gasteiger partial charge in [0.05, 0.1) is 12.0 Å². The van der Waals surface area contributed by atoms with Crippen molar-refractivity contribution < 1.29 is 14.7 Å². The van der Waals surface area contributed by atoms with Gasteiger partial charge in [-0.3, -0.25) is 15.0 Å². The van der Waals surface area contributed by atoms with Crippen LogP contribution in [0.1, 0.15) is 38.5 Å². The number of carbonyl (C=O) groups excluding carboxylic acids is 1. The molecule has 1 saturated carbocycles. The summed E-state index contributed by atoms with van der Waals surface area (Å²) in [6.45, 7) is 1.08. The molecule has 0 radical (unpaired) electrons. The van der Waals surface area contributed by atoms with Gasteiger partial charge in [0, 0.05) is 13.1 Å². The number of carbonyl (C=O) groups is 2. The van der Waals surface area contributed by atoms with E-state index in [9.17, 15) is 9.59 Å². The lowest BCUT2D eigenvalue weighted by atomic mass is 9.82. The quantitative estimate of drug-likeness (QED) is 0.203. The van der Waals surface area contributed by atoms with Gasteiger partial charge in [0.25, 0.3) is 0 Å². The molecule has 0 aromatic heterocycles. The van der Waals surface area contributed by atoms with E-state index in [1.54, 1.807) is 0 Å². The van der Waals surface area contributed by atoms with E-state index in [-0.39, 0.29) is 17.8 Å². The Bertz CT molecular complexity index is 394. The smallest absolute Gasteiger partial charge is 0.306 e. The van der Waals surface area contributed by atoms with Crippen molar-refractivity contribution in [2.24, 2.45) is 23.3 Å². The summed E-state index contributed by atoms with van der Waals surface area (Å²) in [6.07, 6.45) is 4.21. The third-order valence-electron chi connectivity index (χ3n) is 4.11. The minimum absolute atomic E-state index is 0.0880. The Balaban J connectivity index is 2.14. The molecule has 126 valence electrons. The molecule has 8 nitrogen and oxygen atoms in total. The zero-order valence-electron chi connectivity index (χ0n) is 12.8. The maximum Gasteiger partial charge on any atom is 0.306 e. The molecule has 8 N–H and O–H groups in total. The topological polar surface area (TPSA) is 154 Å². The maximum absolute atomic E-state index is 11.9. The molecule has 8 heteroatoms. The second-order valence-corrected chi connectivity index (χ2v) is 5.89. The lowest BCUT2D eigenvalue weighted by Gasteiger charge is -2.26. The second kappa shape index (κ2) is 9.24. The van der Waals surface area contributed by atoms with Gasteiger partial charge in [0.1, 0.15) is 0 Å². The van der Waals surface area contributed by atoms with Gasteiger partial charge in [0.2, 0.25) is 5.91 Å². The van der Waals surface area contributed by atoms with Gasteiger partial charge in [-0.05, 0) is 44.4 Å². The number of nitrogens with one attached hydrogen (secondary N) is 3. The van der Waals surface area contributed by atoms with Crippen LogP contribution in [0, 0.1) is 17.2 Å². The first-order valence-corrected chi connectivity index (χ1v) is 7.74. The molecule has 0 aromatic rings. The van der Waals surface area contributed by atoms with Crippen LogP contribution in [-0.2, 0) is 9.59 Å². The highest BCUT2D eigenvalue weighted by atomic mass is 16.4. The number of carboxylic acids is 1. The summed E-state index contributed by atoms with van der Waals surface area (Å²) in [5, 5.41) is 21.5. The molecule has 1 atom stereocenters. The van der Waals surface area contributed by atoms with Gasteiger partial charge in [-0.25, -0.2) is 0 Å². The van der Waals surface area contributed by atoms with Crippen LogP contribution in [0.4, 0.5) is 0 Å². The summed E-state index contributed by atoms with van der Waals surface area (Å²) in [7, 11) is 0. The zero-order chi connectivity index (χ0) is 16.5. The molecule has 0 bridgehead atoms. The van der Waals surface area contributed by atoms with Crippen molar-refractivity contribution in [2.45, 2.75) is 44.6 Å². The summed E-state index contributed by atoms with van der Waals surface area (Å²) < 4.78 is 0. The molecule has 0 spiro atoms. The van der Waals surface area contributed by atoms with Crippen LogP contribution < -0.4 is 22.1 Å². The fourth-order valence-corrected chi connectivity index (χ4v) is 2.67. The van der Waals surface area contributed by atoms with Gasteiger partial charge in [-0.1, -0.05) is 0 Å². The Morgan fingerprint density at radius 2 is 1.86 bits per heavy atom. The Kier molecular flexibility index (Phi) is 7.65. The average Bonchev–Trinajstić information content (AvgIpc) is 2.49. The Morgan fingerprint density at radius 3 is 2.41 bits per heavy atom. The van der Waals surface area contributed by atoms with Crippen molar-refractivity contribution in [1.29, 1.82) is 5.41 Å². The first kappa shape index (κ1) is 18.2. The van der Waals surface area contributed by atoms with Crippen molar-refractivity contribution in [1.82, 2.24) is 10.6 Å². The number of rotatable bonds is 8. The molecule has 1 aliphatic carbocycles. The van der Waals surface area contributed by atoms with E-state index in [1.807, 2.05) is 0 Å².